The van der Waals surface area contributed by atoms with E-state index in [1.807, 2.05) is 6.92 Å². The Bertz CT molecular complexity index is 610. The smallest absolute Gasteiger partial charge is 0.244 e. The normalized spacial score (nSPS) is 16.5. The van der Waals surface area contributed by atoms with Gasteiger partial charge in [-0.15, -0.1) is 12.4 Å². The quantitative estimate of drug-likeness (QED) is 0.706. The van der Waals surface area contributed by atoms with Gasteiger partial charge in [0.25, 0.3) is 0 Å². The second kappa shape index (κ2) is 11.6. The van der Waals surface area contributed by atoms with Gasteiger partial charge in [-0.2, -0.15) is 0 Å². The van der Waals surface area contributed by atoms with E-state index in [-0.39, 0.29) is 36.8 Å². The lowest BCUT2D eigenvalue weighted by atomic mass is 10.1. The Morgan fingerprint density at radius 2 is 2.15 bits per heavy atom. The third-order valence-corrected chi connectivity index (χ3v) is 4.37. The van der Waals surface area contributed by atoms with E-state index in [0.717, 1.165) is 13.0 Å². The number of nitrogens with one attached hydrogen (secondary N) is 2. The van der Waals surface area contributed by atoms with Crippen molar-refractivity contribution in [2.24, 2.45) is 0 Å². The van der Waals surface area contributed by atoms with Crippen molar-refractivity contribution in [2.75, 3.05) is 38.2 Å². The van der Waals surface area contributed by atoms with Crippen LogP contribution in [0.2, 0.25) is 10.0 Å². The third-order valence-electron chi connectivity index (χ3n) is 3.80. The number of carbonyl (C=O) groups is 2. The lowest BCUT2D eigenvalue weighted by Gasteiger charge is -2.27. The van der Waals surface area contributed by atoms with Crippen LogP contribution in [0.15, 0.2) is 18.2 Å². The number of ether oxygens (including phenoxy) is 1. The van der Waals surface area contributed by atoms with Crippen molar-refractivity contribution in [3.63, 3.8) is 0 Å². The SMILES string of the molecule is CCCN(CC(=O)Nc1cc(Cl)ccc1Cl)C(=O)CC1COCCN1.Cl. The molecule has 1 fully saturated rings. The van der Waals surface area contributed by atoms with Crippen molar-refractivity contribution in [1.82, 2.24) is 10.2 Å². The van der Waals surface area contributed by atoms with E-state index in [1.54, 1.807) is 23.1 Å². The Morgan fingerprint density at radius 3 is 2.81 bits per heavy atom. The molecule has 0 bridgehead atoms. The third kappa shape index (κ3) is 7.29. The van der Waals surface area contributed by atoms with E-state index in [2.05, 4.69) is 10.6 Å². The minimum absolute atomic E-state index is 0. The largest absolute Gasteiger partial charge is 0.378 e. The first-order valence-electron chi connectivity index (χ1n) is 8.33. The standard InChI is InChI=1S/C17H23Cl2N3O3.ClH/c1-2-6-22(17(24)9-13-11-25-7-5-20-13)10-16(23)21-15-8-12(18)3-4-14(15)19;/h3-4,8,13,20H,2,5-7,9-11H2,1H3,(H,21,23);1H. The fraction of sp³-hybridized carbons (Fsp3) is 0.529. The molecule has 6 nitrogen and oxygen atoms in total. The number of rotatable bonds is 7. The molecule has 1 aromatic rings. The molecular formula is C17H24Cl3N3O3. The molecule has 9 heteroatoms. The first-order valence-corrected chi connectivity index (χ1v) is 9.09. The van der Waals surface area contributed by atoms with Crippen LogP contribution in [0.1, 0.15) is 19.8 Å². The summed E-state index contributed by atoms with van der Waals surface area (Å²) < 4.78 is 5.37. The van der Waals surface area contributed by atoms with Crippen LogP contribution in [-0.4, -0.2) is 55.6 Å². The average Bonchev–Trinajstić information content (AvgIpc) is 2.58. The Balaban J connectivity index is 0.00000338. The fourth-order valence-electron chi connectivity index (χ4n) is 2.61. The molecule has 26 heavy (non-hydrogen) atoms. The van der Waals surface area contributed by atoms with Gasteiger partial charge in [-0.1, -0.05) is 30.1 Å². The molecule has 1 aromatic carbocycles. The van der Waals surface area contributed by atoms with Gasteiger partial charge in [0.2, 0.25) is 11.8 Å². The molecule has 0 aliphatic carbocycles. The summed E-state index contributed by atoms with van der Waals surface area (Å²) in [6, 6.07) is 4.83. The highest BCUT2D eigenvalue weighted by molar-refractivity contribution is 6.35. The van der Waals surface area contributed by atoms with Crippen LogP contribution in [0.4, 0.5) is 5.69 Å². The van der Waals surface area contributed by atoms with Crippen LogP contribution >= 0.6 is 35.6 Å². The van der Waals surface area contributed by atoms with Crippen LogP contribution in [0, 0.1) is 0 Å². The zero-order chi connectivity index (χ0) is 18.2. The molecule has 1 aliphatic rings. The summed E-state index contributed by atoms with van der Waals surface area (Å²) in [6.45, 7) is 4.36. The highest BCUT2D eigenvalue weighted by Gasteiger charge is 2.22. The van der Waals surface area contributed by atoms with Crippen molar-refractivity contribution in [3.8, 4) is 0 Å². The zero-order valence-corrected chi connectivity index (χ0v) is 16.9. The molecule has 0 spiro atoms. The van der Waals surface area contributed by atoms with E-state index in [9.17, 15) is 9.59 Å². The monoisotopic (exact) mass is 423 g/mol. The molecule has 0 aromatic heterocycles. The Kier molecular flexibility index (Phi) is 10.3. The number of benzene rings is 1. The highest BCUT2D eigenvalue weighted by Crippen LogP contribution is 2.25. The van der Waals surface area contributed by atoms with Gasteiger partial charge in [-0.3, -0.25) is 9.59 Å². The number of morpholine rings is 1. The number of anilines is 1. The predicted molar refractivity (Wildman–Crippen MR) is 106 cm³/mol. The lowest BCUT2D eigenvalue weighted by Crippen LogP contribution is -2.46. The van der Waals surface area contributed by atoms with Gasteiger partial charge in [0.05, 0.1) is 30.5 Å². The Hall–Kier alpha value is -1.05. The maximum atomic E-state index is 12.5. The topological polar surface area (TPSA) is 70.7 Å². The average molecular weight is 425 g/mol. The van der Waals surface area contributed by atoms with Gasteiger partial charge in [0, 0.05) is 30.6 Å². The number of halogens is 3. The first kappa shape index (κ1) is 23.0. The van der Waals surface area contributed by atoms with Gasteiger partial charge < -0.3 is 20.3 Å². The van der Waals surface area contributed by atoms with Crippen LogP contribution in [0.5, 0.6) is 0 Å². The van der Waals surface area contributed by atoms with E-state index < -0.39 is 0 Å². The highest BCUT2D eigenvalue weighted by atomic mass is 35.5. The van der Waals surface area contributed by atoms with Gasteiger partial charge in [-0.25, -0.2) is 0 Å². The maximum Gasteiger partial charge on any atom is 0.244 e. The van der Waals surface area contributed by atoms with Crippen LogP contribution in [-0.2, 0) is 14.3 Å². The van der Waals surface area contributed by atoms with Gasteiger partial charge in [-0.05, 0) is 24.6 Å². The van der Waals surface area contributed by atoms with Crippen molar-refractivity contribution in [3.05, 3.63) is 28.2 Å². The van der Waals surface area contributed by atoms with Crippen LogP contribution in [0.3, 0.4) is 0 Å². The molecule has 1 saturated heterocycles. The summed E-state index contributed by atoms with van der Waals surface area (Å²) in [7, 11) is 0. The van der Waals surface area contributed by atoms with Crippen molar-refractivity contribution in [2.45, 2.75) is 25.8 Å². The zero-order valence-electron chi connectivity index (χ0n) is 14.6. The van der Waals surface area contributed by atoms with Crippen molar-refractivity contribution in [1.29, 1.82) is 0 Å². The van der Waals surface area contributed by atoms with E-state index in [1.165, 1.54) is 0 Å². The van der Waals surface area contributed by atoms with E-state index in [0.29, 0.717) is 41.9 Å². The summed E-state index contributed by atoms with van der Waals surface area (Å²) in [5.74, 6) is -0.379. The van der Waals surface area contributed by atoms with Crippen LogP contribution in [0.25, 0.3) is 0 Å². The summed E-state index contributed by atoms with van der Waals surface area (Å²) in [5.41, 5.74) is 0.436. The molecule has 1 aliphatic heterocycles. The summed E-state index contributed by atoms with van der Waals surface area (Å²) in [6.07, 6.45) is 1.08. The molecule has 0 saturated carbocycles. The number of hydrogen-bond acceptors (Lipinski definition) is 4. The molecule has 1 atom stereocenters. The van der Waals surface area contributed by atoms with Crippen molar-refractivity contribution >= 4 is 53.1 Å². The molecule has 2 rings (SSSR count). The van der Waals surface area contributed by atoms with Gasteiger partial charge in [0.15, 0.2) is 0 Å². The number of amides is 2. The van der Waals surface area contributed by atoms with Gasteiger partial charge >= 0.3 is 0 Å². The number of carbonyl (C=O) groups excluding carboxylic acids is 2. The second-order valence-electron chi connectivity index (χ2n) is 5.92. The molecular weight excluding hydrogens is 401 g/mol. The molecule has 0 radical (unpaired) electrons. The second-order valence-corrected chi connectivity index (χ2v) is 6.76. The lowest BCUT2D eigenvalue weighted by molar-refractivity contribution is -0.135. The summed E-state index contributed by atoms with van der Waals surface area (Å²) in [5, 5.41) is 6.83. The van der Waals surface area contributed by atoms with Crippen LogP contribution < -0.4 is 10.6 Å². The first-order chi connectivity index (χ1) is 12.0. The molecule has 1 heterocycles. The minimum Gasteiger partial charge on any atom is -0.378 e. The summed E-state index contributed by atoms with van der Waals surface area (Å²) >= 11 is 12.0. The predicted octanol–water partition coefficient (Wildman–Crippen LogP) is 2.97. The van der Waals surface area contributed by atoms with E-state index in [4.69, 9.17) is 27.9 Å². The van der Waals surface area contributed by atoms with Crippen molar-refractivity contribution < 1.29 is 14.3 Å². The Morgan fingerprint density at radius 1 is 1.38 bits per heavy atom. The molecule has 2 N–H and O–H groups in total. The Labute approximate surface area is 169 Å². The molecule has 146 valence electrons. The fourth-order valence-corrected chi connectivity index (χ4v) is 2.95. The molecule has 1 unspecified atom stereocenters. The minimum atomic E-state index is -0.307. The summed E-state index contributed by atoms with van der Waals surface area (Å²) in [4.78, 5) is 26.4. The number of nitrogens with zero attached hydrogens (tertiary/aromatic N) is 1. The van der Waals surface area contributed by atoms with Gasteiger partial charge in [0.1, 0.15) is 0 Å². The molecule has 2 amide bonds. The maximum absolute atomic E-state index is 12.5. The van der Waals surface area contributed by atoms with E-state index >= 15 is 0 Å². The number of hydrogen-bond donors (Lipinski definition) is 2.